The Morgan fingerprint density at radius 3 is 2.36 bits per heavy atom. The Morgan fingerprint density at radius 1 is 1.36 bits per heavy atom. The van der Waals surface area contributed by atoms with E-state index in [0.717, 1.165) is 19.5 Å². The van der Waals surface area contributed by atoms with E-state index in [-0.39, 0.29) is 18.2 Å². The van der Waals surface area contributed by atoms with Crippen LogP contribution in [-0.2, 0) is 0 Å². The average molecular weight is 202 g/mol. The topological polar surface area (TPSA) is 35.5 Å². The average Bonchev–Trinajstić information content (AvgIpc) is 2.09. The molecule has 0 bridgehead atoms. The van der Waals surface area contributed by atoms with Crippen LogP contribution in [0.1, 0.15) is 34.1 Å². The summed E-state index contributed by atoms with van der Waals surface area (Å²) in [4.78, 5) is 2.18. The zero-order chi connectivity index (χ0) is 11.2. The highest BCUT2D eigenvalue weighted by Crippen LogP contribution is 1.99. The molecule has 86 valence electrons. The van der Waals surface area contributed by atoms with Gasteiger partial charge in [0.05, 0.1) is 6.61 Å². The number of nitrogens with one attached hydrogen (secondary N) is 1. The summed E-state index contributed by atoms with van der Waals surface area (Å²) in [5.41, 5.74) is 0.209. The molecule has 0 fully saturated rings. The lowest BCUT2D eigenvalue weighted by Gasteiger charge is -2.24. The first kappa shape index (κ1) is 13.9. The fraction of sp³-hybridized carbons (Fsp3) is 1.00. The number of hydrogen-bond donors (Lipinski definition) is 2. The SMILES string of the molecule is CC(CO)N(C)CCCNC(C)(C)C. The Balaban J connectivity index is 3.45. The van der Waals surface area contributed by atoms with Gasteiger partial charge >= 0.3 is 0 Å². The van der Waals surface area contributed by atoms with Crippen LogP contribution in [-0.4, -0.2) is 48.3 Å². The predicted molar refractivity (Wildman–Crippen MR) is 61.6 cm³/mol. The van der Waals surface area contributed by atoms with E-state index in [1.807, 2.05) is 6.92 Å². The van der Waals surface area contributed by atoms with Crippen LogP contribution in [0.25, 0.3) is 0 Å². The molecule has 0 aliphatic heterocycles. The third-order valence-electron chi connectivity index (χ3n) is 2.36. The van der Waals surface area contributed by atoms with Crippen molar-refractivity contribution in [3.63, 3.8) is 0 Å². The van der Waals surface area contributed by atoms with E-state index in [1.165, 1.54) is 0 Å². The summed E-state index contributed by atoms with van der Waals surface area (Å²) in [7, 11) is 2.05. The van der Waals surface area contributed by atoms with Gasteiger partial charge in [-0.3, -0.25) is 0 Å². The van der Waals surface area contributed by atoms with Crippen molar-refractivity contribution < 1.29 is 5.11 Å². The molecule has 2 N–H and O–H groups in total. The summed E-state index contributed by atoms with van der Waals surface area (Å²) in [5.74, 6) is 0. The summed E-state index contributed by atoms with van der Waals surface area (Å²) < 4.78 is 0. The summed E-state index contributed by atoms with van der Waals surface area (Å²) in [6.07, 6.45) is 1.12. The lowest BCUT2D eigenvalue weighted by Crippen LogP contribution is -2.39. The Kier molecular flexibility index (Phi) is 6.33. The van der Waals surface area contributed by atoms with Gasteiger partial charge in [0.1, 0.15) is 0 Å². The van der Waals surface area contributed by atoms with E-state index >= 15 is 0 Å². The van der Waals surface area contributed by atoms with Crippen LogP contribution in [0.2, 0.25) is 0 Å². The van der Waals surface area contributed by atoms with Crippen LogP contribution >= 0.6 is 0 Å². The van der Waals surface area contributed by atoms with Crippen LogP contribution in [0.3, 0.4) is 0 Å². The highest BCUT2D eigenvalue weighted by Gasteiger charge is 2.09. The molecule has 0 aliphatic rings. The van der Waals surface area contributed by atoms with Gasteiger partial charge in [0.25, 0.3) is 0 Å². The molecule has 3 heteroatoms. The predicted octanol–water partition coefficient (Wildman–Crippen LogP) is 1.08. The molecule has 0 heterocycles. The van der Waals surface area contributed by atoms with Crippen molar-refractivity contribution in [2.45, 2.75) is 45.7 Å². The second-order valence-corrected chi connectivity index (χ2v) is 5.04. The third kappa shape index (κ3) is 7.30. The first-order chi connectivity index (χ1) is 6.37. The van der Waals surface area contributed by atoms with Gasteiger partial charge < -0.3 is 15.3 Å². The normalized spacial score (nSPS) is 14.8. The van der Waals surface area contributed by atoms with Crippen LogP contribution in [0, 0.1) is 0 Å². The number of likely N-dealkylation sites (N-methyl/N-ethyl adjacent to an activating group) is 1. The number of aliphatic hydroxyl groups is 1. The van der Waals surface area contributed by atoms with Gasteiger partial charge in [-0.15, -0.1) is 0 Å². The van der Waals surface area contributed by atoms with Gasteiger partial charge in [-0.2, -0.15) is 0 Å². The minimum atomic E-state index is 0.209. The van der Waals surface area contributed by atoms with E-state index < -0.39 is 0 Å². The van der Waals surface area contributed by atoms with Gasteiger partial charge in [0, 0.05) is 11.6 Å². The Labute approximate surface area is 88.5 Å². The molecule has 0 saturated carbocycles. The van der Waals surface area contributed by atoms with Gasteiger partial charge in [0.2, 0.25) is 0 Å². The zero-order valence-corrected chi connectivity index (χ0v) is 10.3. The van der Waals surface area contributed by atoms with E-state index in [2.05, 4.69) is 38.0 Å². The van der Waals surface area contributed by atoms with Crippen molar-refractivity contribution in [3.8, 4) is 0 Å². The van der Waals surface area contributed by atoms with Gasteiger partial charge in [-0.05, 0) is 54.3 Å². The Hall–Kier alpha value is -0.120. The maximum absolute atomic E-state index is 8.93. The van der Waals surface area contributed by atoms with Crippen molar-refractivity contribution >= 4 is 0 Å². The largest absolute Gasteiger partial charge is 0.395 e. The molecule has 0 spiro atoms. The van der Waals surface area contributed by atoms with Crippen LogP contribution in [0.4, 0.5) is 0 Å². The number of aliphatic hydroxyl groups excluding tert-OH is 1. The van der Waals surface area contributed by atoms with E-state index in [1.54, 1.807) is 0 Å². The number of hydrogen-bond acceptors (Lipinski definition) is 3. The smallest absolute Gasteiger partial charge is 0.0584 e. The number of nitrogens with zero attached hydrogens (tertiary/aromatic N) is 1. The molecule has 3 nitrogen and oxygen atoms in total. The minimum Gasteiger partial charge on any atom is -0.395 e. The zero-order valence-electron chi connectivity index (χ0n) is 10.3. The summed E-state index contributed by atoms with van der Waals surface area (Å²) in [6.45, 7) is 10.9. The Bertz CT molecular complexity index is 143. The quantitative estimate of drug-likeness (QED) is 0.633. The maximum atomic E-state index is 8.93. The van der Waals surface area contributed by atoms with Gasteiger partial charge in [-0.25, -0.2) is 0 Å². The molecule has 0 aromatic rings. The number of rotatable bonds is 6. The molecule has 0 radical (unpaired) electrons. The van der Waals surface area contributed by atoms with Crippen LogP contribution in [0.5, 0.6) is 0 Å². The van der Waals surface area contributed by atoms with Crippen molar-refractivity contribution in [2.24, 2.45) is 0 Å². The molecule has 0 rings (SSSR count). The minimum absolute atomic E-state index is 0.209. The standard InChI is InChI=1S/C11H26N2O/c1-10(9-14)13(5)8-6-7-12-11(2,3)4/h10,12,14H,6-9H2,1-5H3. The summed E-state index contributed by atoms with van der Waals surface area (Å²) >= 11 is 0. The van der Waals surface area contributed by atoms with E-state index in [4.69, 9.17) is 5.11 Å². The maximum Gasteiger partial charge on any atom is 0.0584 e. The molecular formula is C11H26N2O. The van der Waals surface area contributed by atoms with Gasteiger partial charge in [-0.1, -0.05) is 0 Å². The highest BCUT2D eigenvalue weighted by molar-refractivity contribution is 4.70. The first-order valence-corrected chi connectivity index (χ1v) is 5.43. The fourth-order valence-electron chi connectivity index (χ4n) is 1.15. The third-order valence-corrected chi connectivity index (χ3v) is 2.36. The van der Waals surface area contributed by atoms with Crippen LogP contribution < -0.4 is 5.32 Å². The molecule has 0 aromatic carbocycles. The molecule has 1 atom stereocenters. The van der Waals surface area contributed by atoms with Gasteiger partial charge in [0.15, 0.2) is 0 Å². The lowest BCUT2D eigenvalue weighted by molar-refractivity contribution is 0.157. The molecule has 14 heavy (non-hydrogen) atoms. The van der Waals surface area contributed by atoms with E-state index in [0.29, 0.717) is 0 Å². The van der Waals surface area contributed by atoms with Crippen molar-refractivity contribution in [2.75, 3.05) is 26.7 Å². The summed E-state index contributed by atoms with van der Waals surface area (Å²) in [5, 5.41) is 12.4. The molecule has 0 saturated heterocycles. The monoisotopic (exact) mass is 202 g/mol. The molecule has 0 aliphatic carbocycles. The van der Waals surface area contributed by atoms with Crippen molar-refractivity contribution in [3.05, 3.63) is 0 Å². The summed E-state index contributed by atoms with van der Waals surface area (Å²) in [6, 6.07) is 0.268. The first-order valence-electron chi connectivity index (χ1n) is 5.43. The Morgan fingerprint density at radius 2 is 1.93 bits per heavy atom. The highest BCUT2D eigenvalue weighted by atomic mass is 16.3. The second kappa shape index (κ2) is 6.38. The lowest BCUT2D eigenvalue weighted by atomic mass is 10.1. The molecule has 0 aromatic heterocycles. The molecule has 0 amide bonds. The molecule has 1 unspecified atom stereocenters. The van der Waals surface area contributed by atoms with Crippen molar-refractivity contribution in [1.29, 1.82) is 0 Å². The van der Waals surface area contributed by atoms with Crippen LogP contribution in [0.15, 0.2) is 0 Å². The van der Waals surface area contributed by atoms with Crippen molar-refractivity contribution in [1.82, 2.24) is 10.2 Å². The second-order valence-electron chi connectivity index (χ2n) is 5.04. The molecular weight excluding hydrogens is 176 g/mol. The fourth-order valence-corrected chi connectivity index (χ4v) is 1.15. The van der Waals surface area contributed by atoms with E-state index in [9.17, 15) is 0 Å².